The summed E-state index contributed by atoms with van der Waals surface area (Å²) in [6, 6.07) is 9.45. The lowest BCUT2D eigenvalue weighted by atomic mass is 9.99. The van der Waals surface area contributed by atoms with E-state index in [1.807, 2.05) is 37.4 Å². The van der Waals surface area contributed by atoms with Gasteiger partial charge in [-0.3, -0.25) is 19.4 Å². The van der Waals surface area contributed by atoms with Gasteiger partial charge in [-0.05, 0) is 60.6 Å². The number of aromatic nitrogens is 1. The van der Waals surface area contributed by atoms with E-state index in [0.29, 0.717) is 6.42 Å². The van der Waals surface area contributed by atoms with E-state index in [-0.39, 0.29) is 42.2 Å². The fourth-order valence-corrected chi connectivity index (χ4v) is 5.17. The molecule has 1 aliphatic heterocycles. The number of benzene rings is 2. The summed E-state index contributed by atoms with van der Waals surface area (Å²) < 4.78 is 41.3. The third-order valence-electron chi connectivity index (χ3n) is 7.82. The van der Waals surface area contributed by atoms with Crippen LogP contribution in [0.1, 0.15) is 62.6 Å². The zero-order valence-electron chi connectivity index (χ0n) is 22.6. The van der Waals surface area contributed by atoms with E-state index >= 15 is 0 Å². The maximum atomic E-state index is 14.2. The third kappa shape index (κ3) is 5.26. The minimum atomic E-state index is -4.65. The van der Waals surface area contributed by atoms with Gasteiger partial charge >= 0.3 is 6.18 Å². The number of para-hydroxylation sites is 1. The van der Waals surface area contributed by atoms with Gasteiger partial charge in [0, 0.05) is 24.4 Å². The van der Waals surface area contributed by atoms with Gasteiger partial charge in [0.2, 0.25) is 11.8 Å². The maximum absolute atomic E-state index is 14.2. The Bertz CT molecular complexity index is 1480. The molecular weight excluding hydrogens is 521 g/mol. The highest BCUT2D eigenvalue weighted by Gasteiger charge is 2.40. The van der Waals surface area contributed by atoms with E-state index in [1.165, 1.54) is 17.9 Å². The SMILES string of the molecule is CC[C@@H](C)C(=O)N[C@H]1CN(C(C)=O)c2cc(C(F)(F)F)ccc2N(Cc2c(C3CC3)cnc3ccccc23)C1=O. The van der Waals surface area contributed by atoms with E-state index in [2.05, 4.69) is 10.3 Å². The molecule has 2 heterocycles. The Morgan fingerprint density at radius 3 is 2.50 bits per heavy atom. The molecule has 0 unspecified atom stereocenters. The summed E-state index contributed by atoms with van der Waals surface area (Å²) in [4.78, 5) is 47.0. The van der Waals surface area contributed by atoms with Crippen molar-refractivity contribution in [3.63, 3.8) is 0 Å². The van der Waals surface area contributed by atoms with Crippen LogP contribution < -0.4 is 15.1 Å². The molecule has 1 saturated carbocycles. The lowest BCUT2D eigenvalue weighted by molar-refractivity contribution is -0.137. The molecule has 2 aromatic carbocycles. The zero-order valence-corrected chi connectivity index (χ0v) is 22.6. The van der Waals surface area contributed by atoms with Crippen molar-refractivity contribution in [1.29, 1.82) is 0 Å². The van der Waals surface area contributed by atoms with Crippen molar-refractivity contribution in [3.05, 3.63) is 65.4 Å². The molecule has 1 N–H and O–H groups in total. The first kappa shape index (κ1) is 27.6. The fraction of sp³-hybridized carbons (Fsp3) is 0.400. The van der Waals surface area contributed by atoms with Crippen molar-refractivity contribution in [2.24, 2.45) is 5.92 Å². The van der Waals surface area contributed by atoms with Gasteiger partial charge in [-0.25, -0.2) is 0 Å². The summed E-state index contributed by atoms with van der Waals surface area (Å²) in [6.07, 6.45) is -0.329. The minimum Gasteiger partial charge on any atom is -0.342 e. The van der Waals surface area contributed by atoms with Gasteiger partial charge in [-0.1, -0.05) is 32.0 Å². The second-order valence-electron chi connectivity index (χ2n) is 10.6. The third-order valence-corrected chi connectivity index (χ3v) is 7.82. The normalized spacial score (nSPS) is 18.4. The Labute approximate surface area is 230 Å². The van der Waals surface area contributed by atoms with Crippen LogP contribution in [0.3, 0.4) is 0 Å². The summed E-state index contributed by atoms with van der Waals surface area (Å²) in [7, 11) is 0. The van der Waals surface area contributed by atoms with Gasteiger partial charge in [0.1, 0.15) is 6.04 Å². The number of hydrogen-bond acceptors (Lipinski definition) is 4. The van der Waals surface area contributed by atoms with Crippen molar-refractivity contribution in [2.75, 3.05) is 16.3 Å². The number of alkyl halides is 3. The highest BCUT2D eigenvalue weighted by molar-refractivity contribution is 6.08. The van der Waals surface area contributed by atoms with Crippen LogP contribution in [-0.4, -0.2) is 35.3 Å². The molecule has 5 rings (SSSR count). The minimum absolute atomic E-state index is 0.0257. The van der Waals surface area contributed by atoms with Crippen molar-refractivity contribution in [3.8, 4) is 0 Å². The zero-order chi connectivity index (χ0) is 28.8. The number of pyridine rings is 1. The van der Waals surface area contributed by atoms with Crippen molar-refractivity contribution < 1.29 is 27.6 Å². The molecule has 40 heavy (non-hydrogen) atoms. The van der Waals surface area contributed by atoms with E-state index in [0.717, 1.165) is 51.9 Å². The predicted molar refractivity (Wildman–Crippen MR) is 146 cm³/mol. The largest absolute Gasteiger partial charge is 0.416 e. The second-order valence-corrected chi connectivity index (χ2v) is 10.6. The fourth-order valence-electron chi connectivity index (χ4n) is 5.17. The maximum Gasteiger partial charge on any atom is 0.416 e. The molecule has 2 atom stereocenters. The number of amides is 3. The number of carbonyl (C=O) groups is 3. The number of rotatable bonds is 6. The van der Waals surface area contributed by atoms with Crippen LogP contribution in [-0.2, 0) is 27.1 Å². The van der Waals surface area contributed by atoms with Gasteiger partial charge < -0.3 is 15.1 Å². The molecule has 0 spiro atoms. The van der Waals surface area contributed by atoms with Crippen LogP contribution in [0, 0.1) is 5.92 Å². The highest BCUT2D eigenvalue weighted by Crippen LogP contribution is 2.45. The Morgan fingerprint density at radius 1 is 1.12 bits per heavy atom. The van der Waals surface area contributed by atoms with E-state index in [9.17, 15) is 27.6 Å². The Morgan fingerprint density at radius 2 is 1.85 bits per heavy atom. The summed E-state index contributed by atoms with van der Waals surface area (Å²) in [5, 5.41) is 3.62. The first-order chi connectivity index (χ1) is 19.0. The predicted octanol–water partition coefficient (Wildman–Crippen LogP) is 5.56. The van der Waals surface area contributed by atoms with Crippen LogP contribution in [0.4, 0.5) is 24.5 Å². The number of carbonyl (C=O) groups excluding carboxylic acids is 3. The van der Waals surface area contributed by atoms with Crippen LogP contribution in [0.25, 0.3) is 10.9 Å². The standard InChI is InChI=1S/C30H31F3N4O3/c1-4-17(2)28(39)35-25-16-36(18(3)38)27-13-20(30(31,32)33)11-12-26(27)37(29(25)40)15-23-21-7-5-6-8-24(21)34-14-22(23)19-9-10-19/h5-8,11-14,17,19,25H,4,9-10,15-16H2,1-3H3,(H,35,39)/t17-,25+/m1/s1. The molecule has 0 saturated heterocycles. The van der Waals surface area contributed by atoms with E-state index in [1.54, 1.807) is 6.92 Å². The number of anilines is 2. The Kier molecular flexibility index (Phi) is 7.29. The van der Waals surface area contributed by atoms with Crippen molar-refractivity contribution >= 4 is 40.0 Å². The second kappa shape index (κ2) is 10.6. The summed E-state index contributed by atoms with van der Waals surface area (Å²) >= 11 is 0. The number of hydrogen-bond donors (Lipinski definition) is 1. The first-order valence-electron chi connectivity index (χ1n) is 13.5. The number of nitrogens with one attached hydrogen (secondary N) is 1. The summed E-state index contributed by atoms with van der Waals surface area (Å²) in [6.45, 7) is 4.57. The smallest absolute Gasteiger partial charge is 0.342 e. The van der Waals surface area contributed by atoms with Crippen molar-refractivity contribution in [2.45, 2.75) is 64.7 Å². The van der Waals surface area contributed by atoms with Gasteiger partial charge in [0.15, 0.2) is 0 Å². The number of halogens is 3. The molecule has 7 nitrogen and oxygen atoms in total. The molecule has 1 aliphatic carbocycles. The molecule has 3 amide bonds. The molecule has 1 fully saturated rings. The topological polar surface area (TPSA) is 82.6 Å². The van der Waals surface area contributed by atoms with Crippen LogP contribution in [0.15, 0.2) is 48.7 Å². The molecule has 0 bridgehead atoms. The molecular formula is C30H31F3N4O3. The number of fused-ring (bicyclic) bond motifs is 2. The van der Waals surface area contributed by atoms with Crippen LogP contribution >= 0.6 is 0 Å². The quantitative estimate of drug-likeness (QED) is 0.434. The molecule has 2 aliphatic rings. The van der Waals surface area contributed by atoms with Crippen LogP contribution in [0.2, 0.25) is 0 Å². The molecule has 1 aromatic heterocycles. The average Bonchev–Trinajstić information content (AvgIpc) is 3.78. The summed E-state index contributed by atoms with van der Waals surface area (Å²) in [5.41, 5.74) is 1.81. The van der Waals surface area contributed by atoms with Gasteiger partial charge in [0.05, 0.1) is 35.5 Å². The summed E-state index contributed by atoms with van der Waals surface area (Å²) in [5.74, 6) is -1.50. The van der Waals surface area contributed by atoms with Crippen LogP contribution in [0.5, 0.6) is 0 Å². The Balaban J connectivity index is 1.68. The molecule has 3 aromatic rings. The van der Waals surface area contributed by atoms with E-state index in [4.69, 9.17) is 0 Å². The van der Waals surface area contributed by atoms with Gasteiger partial charge in [0.25, 0.3) is 5.91 Å². The lowest BCUT2D eigenvalue weighted by Gasteiger charge is -2.28. The average molecular weight is 553 g/mol. The lowest BCUT2D eigenvalue weighted by Crippen LogP contribution is -2.53. The Hall–Kier alpha value is -3.95. The number of nitrogens with zero attached hydrogens (tertiary/aromatic N) is 3. The molecule has 0 radical (unpaired) electrons. The first-order valence-corrected chi connectivity index (χ1v) is 13.5. The highest BCUT2D eigenvalue weighted by atomic mass is 19.4. The molecule has 10 heteroatoms. The monoisotopic (exact) mass is 552 g/mol. The molecule has 210 valence electrons. The van der Waals surface area contributed by atoms with Gasteiger partial charge in [-0.15, -0.1) is 0 Å². The van der Waals surface area contributed by atoms with Crippen molar-refractivity contribution in [1.82, 2.24) is 10.3 Å². The van der Waals surface area contributed by atoms with Gasteiger partial charge in [-0.2, -0.15) is 13.2 Å². The van der Waals surface area contributed by atoms with E-state index < -0.39 is 29.6 Å².